The first-order valence-corrected chi connectivity index (χ1v) is 10.1. The number of allylic oxidation sites excluding steroid dienone is 1. The molecule has 5 rings (SSSR count). The summed E-state index contributed by atoms with van der Waals surface area (Å²) in [7, 11) is 0. The number of hydrogen-bond acceptors (Lipinski definition) is 6. The number of imidazole rings is 1. The molecule has 1 N–H and O–H groups in total. The van der Waals surface area contributed by atoms with Crippen molar-refractivity contribution in [3.05, 3.63) is 53.7 Å². The van der Waals surface area contributed by atoms with Gasteiger partial charge in [0.05, 0.1) is 11.4 Å². The molecule has 0 aromatic carbocycles. The molecule has 7 heteroatoms. The molecule has 1 fully saturated rings. The molecule has 3 aromatic rings. The second-order valence-electron chi connectivity index (χ2n) is 8.01. The summed E-state index contributed by atoms with van der Waals surface area (Å²) in [6.07, 6.45) is 8.47. The molecule has 29 heavy (non-hydrogen) atoms. The Morgan fingerprint density at radius 2 is 1.93 bits per heavy atom. The number of ketones is 1. The van der Waals surface area contributed by atoms with Gasteiger partial charge >= 0.3 is 0 Å². The Kier molecular flexibility index (Phi) is 4.39. The summed E-state index contributed by atoms with van der Waals surface area (Å²) in [5.41, 5.74) is 3.27. The van der Waals surface area contributed by atoms with Crippen LogP contribution in [0.4, 0.5) is 5.82 Å². The molecule has 1 aliphatic heterocycles. The van der Waals surface area contributed by atoms with E-state index in [9.17, 15) is 4.79 Å². The summed E-state index contributed by atoms with van der Waals surface area (Å²) in [5.74, 6) is 1.68. The number of fused-ring (bicyclic) bond motifs is 2. The zero-order valence-corrected chi connectivity index (χ0v) is 16.7. The van der Waals surface area contributed by atoms with Gasteiger partial charge in [0.1, 0.15) is 5.82 Å². The second-order valence-corrected chi connectivity index (χ2v) is 8.01. The maximum absolute atomic E-state index is 12.8. The molecule has 0 amide bonds. The molecule has 0 spiro atoms. The highest BCUT2D eigenvalue weighted by molar-refractivity contribution is 6.25. The highest BCUT2D eigenvalue weighted by atomic mass is 16.1. The largest absolute Gasteiger partial charge is 0.354 e. The number of rotatable bonds is 2. The predicted octanol–water partition coefficient (Wildman–Crippen LogP) is 2.37. The van der Waals surface area contributed by atoms with E-state index in [1.807, 2.05) is 28.9 Å². The lowest BCUT2D eigenvalue weighted by Crippen LogP contribution is -2.54. The first kappa shape index (κ1) is 18.0. The van der Waals surface area contributed by atoms with E-state index in [4.69, 9.17) is 4.98 Å². The van der Waals surface area contributed by atoms with E-state index in [2.05, 4.69) is 46.2 Å². The number of pyridine rings is 1. The number of nitrogens with zero attached hydrogens (tertiary/aromatic N) is 5. The van der Waals surface area contributed by atoms with Gasteiger partial charge in [-0.1, -0.05) is 0 Å². The Labute approximate surface area is 169 Å². The first-order chi connectivity index (χ1) is 14.1. The second kappa shape index (κ2) is 7.08. The van der Waals surface area contributed by atoms with Gasteiger partial charge in [-0.15, -0.1) is 0 Å². The van der Waals surface area contributed by atoms with Crippen LogP contribution in [-0.2, 0) is 11.2 Å². The van der Waals surface area contributed by atoms with Gasteiger partial charge in [0.25, 0.3) is 0 Å². The van der Waals surface area contributed by atoms with Crippen molar-refractivity contribution < 1.29 is 4.79 Å². The zero-order valence-electron chi connectivity index (χ0n) is 16.7. The number of anilines is 1. The third-order valence-corrected chi connectivity index (χ3v) is 5.58. The van der Waals surface area contributed by atoms with Crippen LogP contribution in [0, 0.1) is 0 Å². The average Bonchev–Trinajstić information content (AvgIpc) is 3.06. The van der Waals surface area contributed by atoms with E-state index in [1.165, 1.54) is 0 Å². The molecular weight excluding hydrogens is 364 g/mol. The molecule has 4 heterocycles. The van der Waals surface area contributed by atoms with E-state index >= 15 is 0 Å². The molecule has 0 bridgehead atoms. The van der Waals surface area contributed by atoms with Crippen molar-refractivity contribution in [2.24, 2.45) is 0 Å². The van der Waals surface area contributed by atoms with Crippen LogP contribution in [0.2, 0.25) is 0 Å². The Balaban J connectivity index is 1.51. The normalized spacial score (nSPS) is 22.3. The Morgan fingerprint density at radius 3 is 2.72 bits per heavy atom. The smallest absolute Gasteiger partial charge is 0.234 e. The fourth-order valence-corrected chi connectivity index (χ4v) is 4.30. The molecule has 2 aliphatic rings. The van der Waals surface area contributed by atoms with E-state index < -0.39 is 0 Å². The van der Waals surface area contributed by atoms with Crippen molar-refractivity contribution in [2.45, 2.75) is 38.8 Å². The van der Waals surface area contributed by atoms with Gasteiger partial charge in [-0.2, -0.15) is 0 Å². The number of carbonyl (C=O) groups excluding carboxylic acids is 1. The molecule has 0 saturated carbocycles. The third-order valence-electron chi connectivity index (χ3n) is 5.58. The highest BCUT2D eigenvalue weighted by Gasteiger charge is 2.24. The summed E-state index contributed by atoms with van der Waals surface area (Å²) >= 11 is 0. The van der Waals surface area contributed by atoms with Crippen LogP contribution in [0.3, 0.4) is 0 Å². The van der Waals surface area contributed by atoms with Crippen LogP contribution in [-0.4, -0.2) is 50.3 Å². The van der Waals surface area contributed by atoms with Crippen molar-refractivity contribution in [3.63, 3.8) is 0 Å². The highest BCUT2D eigenvalue weighted by Crippen LogP contribution is 2.28. The summed E-state index contributed by atoms with van der Waals surface area (Å²) in [6.45, 7) is 6.27. The van der Waals surface area contributed by atoms with Gasteiger partial charge in [-0.3, -0.25) is 9.20 Å². The van der Waals surface area contributed by atoms with Crippen LogP contribution >= 0.6 is 0 Å². The quantitative estimate of drug-likeness (QED) is 0.726. The molecule has 2 atom stereocenters. The maximum Gasteiger partial charge on any atom is 0.234 e. The molecule has 0 radical (unpaired) electrons. The maximum atomic E-state index is 12.8. The van der Waals surface area contributed by atoms with E-state index in [0.29, 0.717) is 42.0 Å². The summed E-state index contributed by atoms with van der Waals surface area (Å²) in [5, 5.41) is 3.55. The van der Waals surface area contributed by atoms with Gasteiger partial charge in [0, 0.05) is 55.8 Å². The van der Waals surface area contributed by atoms with Crippen molar-refractivity contribution in [3.8, 4) is 0 Å². The monoisotopic (exact) mass is 388 g/mol. The minimum Gasteiger partial charge on any atom is -0.354 e. The lowest BCUT2D eigenvalue weighted by atomic mass is 10.1. The number of aromatic nitrogens is 4. The minimum absolute atomic E-state index is 0.0948. The number of piperazine rings is 1. The summed E-state index contributed by atoms with van der Waals surface area (Å²) < 4.78 is 1.84. The lowest BCUT2D eigenvalue weighted by molar-refractivity contribution is -0.113. The van der Waals surface area contributed by atoms with Crippen LogP contribution in [0.25, 0.3) is 17.4 Å². The van der Waals surface area contributed by atoms with Gasteiger partial charge in [-0.25, -0.2) is 15.0 Å². The van der Waals surface area contributed by atoms with Crippen LogP contribution < -0.4 is 10.2 Å². The number of Topliss-reactive ketones (excluding diaryl/α,β-unsaturated/α-hetero) is 1. The lowest BCUT2D eigenvalue weighted by Gasteiger charge is -2.37. The van der Waals surface area contributed by atoms with Crippen LogP contribution in [0.1, 0.15) is 37.2 Å². The molecule has 148 valence electrons. The Bertz CT molecular complexity index is 1070. The van der Waals surface area contributed by atoms with Gasteiger partial charge in [0.2, 0.25) is 5.78 Å². The number of aryl methyl sites for hydroxylation is 1. The SMILES string of the molecule is C[C@@H]1CN(c2ccc3c(n2)CCC(=O)C(c2cn4cccnc4n2)=C3)C[C@H](C)N1. The minimum atomic E-state index is 0.0948. The van der Waals surface area contributed by atoms with Crippen molar-refractivity contribution in [1.82, 2.24) is 24.7 Å². The number of nitrogens with one attached hydrogen (secondary N) is 1. The molecule has 1 saturated heterocycles. The van der Waals surface area contributed by atoms with E-state index in [1.54, 1.807) is 6.20 Å². The van der Waals surface area contributed by atoms with E-state index in [-0.39, 0.29) is 5.78 Å². The fraction of sp³-hybridized carbons (Fsp3) is 0.364. The third kappa shape index (κ3) is 3.42. The summed E-state index contributed by atoms with van der Waals surface area (Å²) in [4.78, 5) is 28.9. The molecule has 0 unspecified atom stereocenters. The van der Waals surface area contributed by atoms with Gasteiger partial charge in [0.15, 0.2) is 5.78 Å². The Morgan fingerprint density at radius 1 is 1.10 bits per heavy atom. The van der Waals surface area contributed by atoms with Crippen molar-refractivity contribution >= 4 is 29.0 Å². The van der Waals surface area contributed by atoms with Crippen LogP contribution in [0.15, 0.2) is 36.8 Å². The molecule has 7 nitrogen and oxygen atoms in total. The number of carbonyl (C=O) groups is 1. The average molecular weight is 388 g/mol. The molecular formula is C22H24N6O. The van der Waals surface area contributed by atoms with E-state index in [0.717, 1.165) is 30.2 Å². The van der Waals surface area contributed by atoms with Crippen molar-refractivity contribution in [1.29, 1.82) is 0 Å². The standard InChI is InChI=1S/C22H24N6O/c1-14-11-28(12-15(2)24-14)21-7-4-16-10-17(20(29)6-5-18(16)25-21)19-13-27-9-3-8-23-22(27)26-19/h3-4,7-10,13-15,24H,5-6,11-12H2,1-2H3/t14-,15+. The summed E-state index contributed by atoms with van der Waals surface area (Å²) in [6, 6.07) is 6.85. The molecule has 1 aliphatic carbocycles. The van der Waals surface area contributed by atoms with Crippen LogP contribution in [0.5, 0.6) is 0 Å². The fourth-order valence-electron chi connectivity index (χ4n) is 4.30. The van der Waals surface area contributed by atoms with Gasteiger partial charge in [-0.05, 0) is 50.1 Å². The Hall–Kier alpha value is -3.06. The topological polar surface area (TPSA) is 75.4 Å². The van der Waals surface area contributed by atoms with Gasteiger partial charge < -0.3 is 10.2 Å². The zero-order chi connectivity index (χ0) is 20.0. The van der Waals surface area contributed by atoms with Crippen molar-refractivity contribution in [2.75, 3.05) is 18.0 Å². The first-order valence-electron chi connectivity index (χ1n) is 10.1. The number of hydrogen-bond donors (Lipinski definition) is 1. The molecule has 3 aromatic heterocycles. The predicted molar refractivity (Wildman–Crippen MR) is 113 cm³/mol.